The van der Waals surface area contributed by atoms with Crippen LogP contribution in [0.1, 0.15) is 18.9 Å². The molecule has 0 aliphatic rings. The van der Waals surface area contributed by atoms with E-state index in [0.717, 1.165) is 4.47 Å². The molecule has 7 nitrogen and oxygen atoms in total. The number of benzene rings is 2. The van der Waals surface area contributed by atoms with Crippen molar-refractivity contribution in [3.8, 4) is 0 Å². The first-order valence-electron chi connectivity index (χ1n) is 8.21. The molecule has 0 bridgehead atoms. The lowest BCUT2D eigenvalue weighted by atomic mass is 10.2. The maximum atomic E-state index is 12.0. The van der Waals surface area contributed by atoms with Crippen molar-refractivity contribution < 1.29 is 14.4 Å². The molecular weight excluding hydrogens is 448 g/mol. The van der Waals surface area contributed by atoms with E-state index in [-0.39, 0.29) is 12.3 Å². The molecule has 3 N–H and O–H groups in total. The Morgan fingerprint density at radius 2 is 1.79 bits per heavy atom. The van der Waals surface area contributed by atoms with E-state index >= 15 is 0 Å². The van der Waals surface area contributed by atoms with Gasteiger partial charge < -0.3 is 10.6 Å². The topological polar surface area (TPSA) is 99.7 Å². The average Bonchev–Trinajstić information content (AvgIpc) is 2.63. The third-order valence-corrected chi connectivity index (χ3v) is 4.50. The van der Waals surface area contributed by atoms with E-state index < -0.39 is 11.8 Å². The third kappa shape index (κ3) is 6.47. The molecule has 0 radical (unpaired) electrons. The van der Waals surface area contributed by atoms with Gasteiger partial charge in [-0.3, -0.25) is 14.4 Å². The molecule has 2 aromatic carbocycles. The van der Waals surface area contributed by atoms with Crippen LogP contribution >= 0.6 is 27.5 Å². The molecule has 0 aliphatic heterocycles. The molecule has 9 heteroatoms. The molecule has 2 rings (SSSR count). The Morgan fingerprint density at radius 3 is 2.50 bits per heavy atom. The summed E-state index contributed by atoms with van der Waals surface area (Å²) >= 11 is 9.30. The van der Waals surface area contributed by atoms with Crippen LogP contribution < -0.4 is 16.1 Å². The zero-order chi connectivity index (χ0) is 20.7. The first-order valence-corrected chi connectivity index (χ1v) is 9.38. The SMILES string of the molecule is CC(CC(=O)Nc1cccc(Br)c1)=NNC(=O)C(=O)Nc1cccc(Cl)c1C. The fraction of sp³-hybridized carbons (Fsp3) is 0.158. The highest BCUT2D eigenvalue weighted by Gasteiger charge is 2.15. The van der Waals surface area contributed by atoms with Gasteiger partial charge in [0.2, 0.25) is 5.91 Å². The number of anilines is 2. The zero-order valence-electron chi connectivity index (χ0n) is 15.2. The third-order valence-electron chi connectivity index (χ3n) is 3.60. The molecule has 2 aromatic rings. The number of nitrogens with zero attached hydrogens (tertiary/aromatic N) is 1. The summed E-state index contributed by atoms with van der Waals surface area (Å²) in [4.78, 5) is 35.9. The summed E-state index contributed by atoms with van der Waals surface area (Å²) < 4.78 is 0.837. The largest absolute Gasteiger partial charge is 0.329 e. The van der Waals surface area contributed by atoms with Gasteiger partial charge in [-0.25, -0.2) is 5.43 Å². The van der Waals surface area contributed by atoms with Crippen LogP contribution in [0.5, 0.6) is 0 Å². The second-order valence-corrected chi connectivity index (χ2v) is 7.21. The summed E-state index contributed by atoms with van der Waals surface area (Å²) in [6.45, 7) is 3.29. The van der Waals surface area contributed by atoms with E-state index in [1.807, 2.05) is 6.07 Å². The van der Waals surface area contributed by atoms with Gasteiger partial charge in [0.1, 0.15) is 0 Å². The molecule has 0 fully saturated rings. The Balaban J connectivity index is 1.87. The summed E-state index contributed by atoms with van der Waals surface area (Å²) in [6.07, 6.45) is -0.0399. The first-order chi connectivity index (χ1) is 13.3. The van der Waals surface area contributed by atoms with Crippen LogP contribution in [0.2, 0.25) is 5.02 Å². The molecule has 0 saturated carbocycles. The van der Waals surface area contributed by atoms with Crippen molar-refractivity contribution in [1.29, 1.82) is 0 Å². The first kappa shape index (κ1) is 21.6. The lowest BCUT2D eigenvalue weighted by Gasteiger charge is -2.09. The standard InChI is InChI=1S/C19H18BrClN4O3/c1-11(9-17(26)22-14-6-3-5-13(20)10-14)24-25-19(28)18(27)23-16-8-4-7-15(21)12(16)2/h3-8,10H,9H2,1-2H3,(H,22,26)(H,23,27)(H,25,28). The van der Waals surface area contributed by atoms with E-state index in [0.29, 0.717) is 27.7 Å². The van der Waals surface area contributed by atoms with E-state index in [1.165, 1.54) is 0 Å². The van der Waals surface area contributed by atoms with Crippen LogP contribution in [0.15, 0.2) is 52.0 Å². The normalized spacial score (nSPS) is 10.9. The molecule has 0 saturated heterocycles. The molecule has 146 valence electrons. The number of carbonyl (C=O) groups excluding carboxylic acids is 3. The highest BCUT2D eigenvalue weighted by atomic mass is 79.9. The summed E-state index contributed by atoms with van der Waals surface area (Å²) in [5, 5.41) is 9.44. The van der Waals surface area contributed by atoms with Gasteiger partial charge >= 0.3 is 11.8 Å². The summed E-state index contributed by atoms with van der Waals surface area (Å²) in [7, 11) is 0. The number of amides is 3. The van der Waals surface area contributed by atoms with E-state index in [1.54, 1.807) is 50.2 Å². The molecule has 0 spiro atoms. The minimum atomic E-state index is -0.953. The molecular formula is C19H18BrClN4O3. The number of halogens is 2. The molecule has 3 amide bonds. The van der Waals surface area contributed by atoms with Crippen LogP contribution in [-0.4, -0.2) is 23.4 Å². The Morgan fingerprint density at radius 1 is 1.07 bits per heavy atom. The second-order valence-electron chi connectivity index (χ2n) is 5.89. The molecule has 0 aromatic heterocycles. The fourth-order valence-electron chi connectivity index (χ4n) is 2.16. The Bertz CT molecular complexity index is 947. The lowest BCUT2D eigenvalue weighted by molar-refractivity contribution is -0.136. The lowest BCUT2D eigenvalue weighted by Crippen LogP contribution is -2.33. The highest BCUT2D eigenvalue weighted by Crippen LogP contribution is 2.22. The van der Waals surface area contributed by atoms with Crippen LogP contribution in [0.3, 0.4) is 0 Å². The molecule has 0 heterocycles. The van der Waals surface area contributed by atoms with Crippen LogP contribution in [0.25, 0.3) is 0 Å². The monoisotopic (exact) mass is 464 g/mol. The van der Waals surface area contributed by atoms with Crippen molar-refractivity contribution in [2.75, 3.05) is 10.6 Å². The van der Waals surface area contributed by atoms with Gasteiger partial charge in [-0.1, -0.05) is 39.7 Å². The van der Waals surface area contributed by atoms with Crippen molar-refractivity contribution in [2.45, 2.75) is 20.3 Å². The van der Waals surface area contributed by atoms with Crippen LogP contribution in [0, 0.1) is 6.92 Å². The Hall–Kier alpha value is -2.71. The average molecular weight is 466 g/mol. The van der Waals surface area contributed by atoms with Crippen molar-refractivity contribution >= 4 is 62.3 Å². The van der Waals surface area contributed by atoms with Crippen molar-refractivity contribution in [2.24, 2.45) is 5.10 Å². The molecule has 0 atom stereocenters. The van der Waals surface area contributed by atoms with Gasteiger partial charge in [-0.05, 0) is 49.7 Å². The molecule has 0 aliphatic carbocycles. The van der Waals surface area contributed by atoms with Crippen molar-refractivity contribution in [1.82, 2.24) is 5.43 Å². The maximum absolute atomic E-state index is 12.0. The summed E-state index contributed by atoms with van der Waals surface area (Å²) in [5.41, 5.74) is 4.18. The molecule has 0 unspecified atom stereocenters. The van der Waals surface area contributed by atoms with Gasteiger partial charge in [0, 0.05) is 26.6 Å². The number of hydrazone groups is 1. The van der Waals surface area contributed by atoms with Gasteiger partial charge in [-0.15, -0.1) is 0 Å². The number of hydrogen-bond acceptors (Lipinski definition) is 4. The van der Waals surface area contributed by atoms with Crippen molar-refractivity contribution in [3.05, 3.63) is 57.5 Å². The van der Waals surface area contributed by atoms with Crippen molar-refractivity contribution in [3.63, 3.8) is 0 Å². The maximum Gasteiger partial charge on any atom is 0.329 e. The van der Waals surface area contributed by atoms with Gasteiger partial charge in [-0.2, -0.15) is 5.10 Å². The van der Waals surface area contributed by atoms with Gasteiger partial charge in [0.05, 0.1) is 6.42 Å². The number of nitrogens with one attached hydrogen (secondary N) is 3. The minimum Gasteiger partial charge on any atom is -0.326 e. The van der Waals surface area contributed by atoms with Crippen LogP contribution in [0.4, 0.5) is 11.4 Å². The van der Waals surface area contributed by atoms with Gasteiger partial charge in [0.15, 0.2) is 0 Å². The minimum absolute atomic E-state index is 0.0399. The van der Waals surface area contributed by atoms with E-state index in [9.17, 15) is 14.4 Å². The predicted molar refractivity (Wildman–Crippen MR) is 113 cm³/mol. The quantitative estimate of drug-likeness (QED) is 0.355. The highest BCUT2D eigenvalue weighted by molar-refractivity contribution is 9.10. The number of carbonyl (C=O) groups is 3. The number of rotatable bonds is 5. The summed E-state index contributed by atoms with van der Waals surface area (Å²) in [5.74, 6) is -2.14. The van der Waals surface area contributed by atoms with E-state index in [4.69, 9.17) is 11.6 Å². The second kappa shape index (κ2) is 10.0. The van der Waals surface area contributed by atoms with E-state index in [2.05, 4.69) is 37.1 Å². The molecule has 28 heavy (non-hydrogen) atoms. The Labute approximate surface area is 175 Å². The predicted octanol–water partition coefficient (Wildman–Crippen LogP) is 3.87. The van der Waals surface area contributed by atoms with Crippen LogP contribution in [-0.2, 0) is 14.4 Å². The fourth-order valence-corrected chi connectivity index (χ4v) is 2.74. The zero-order valence-corrected chi connectivity index (χ0v) is 17.5. The van der Waals surface area contributed by atoms with Gasteiger partial charge in [0.25, 0.3) is 0 Å². The number of hydrogen-bond donors (Lipinski definition) is 3. The smallest absolute Gasteiger partial charge is 0.326 e. The summed E-state index contributed by atoms with van der Waals surface area (Å²) in [6, 6.07) is 12.1. The Kier molecular flexibility index (Phi) is 7.71.